The van der Waals surface area contributed by atoms with Crippen LogP contribution in [0.2, 0.25) is 0 Å². The van der Waals surface area contributed by atoms with Gasteiger partial charge in [0, 0.05) is 24.8 Å². The number of nitrogens with one attached hydrogen (secondary N) is 1. The maximum absolute atomic E-state index is 12.7. The minimum Gasteiger partial charge on any atom is -0.480 e. The molecule has 2 N–H and O–H groups in total. The first-order chi connectivity index (χ1) is 12.7. The molecule has 0 spiro atoms. The first-order valence-corrected chi connectivity index (χ1v) is 10.4. The SMILES string of the molecule is Cc1nn(C2CCOCC2)c2ncc(S(=O)(=O)N[C@H](C(=O)O)C(C)C)cc12. The Labute approximate surface area is 157 Å². The largest absolute Gasteiger partial charge is 0.480 e. The molecular formula is C17H24N4O5S. The number of carboxylic acid groups (broad SMARTS) is 1. The maximum atomic E-state index is 12.7. The molecule has 148 valence electrons. The summed E-state index contributed by atoms with van der Waals surface area (Å²) in [7, 11) is -4.02. The fraction of sp³-hybridized carbons (Fsp3) is 0.588. The number of ether oxygens (including phenoxy) is 1. The number of fused-ring (bicyclic) bond motifs is 1. The van der Waals surface area contributed by atoms with Gasteiger partial charge in [-0.05, 0) is 31.7 Å². The van der Waals surface area contributed by atoms with Crippen LogP contribution in [-0.4, -0.2) is 53.5 Å². The van der Waals surface area contributed by atoms with Gasteiger partial charge >= 0.3 is 5.97 Å². The van der Waals surface area contributed by atoms with E-state index in [1.165, 1.54) is 12.3 Å². The van der Waals surface area contributed by atoms with Gasteiger partial charge < -0.3 is 9.84 Å². The van der Waals surface area contributed by atoms with Crippen molar-refractivity contribution >= 4 is 27.0 Å². The average Bonchev–Trinajstić information content (AvgIpc) is 2.96. The lowest BCUT2D eigenvalue weighted by atomic mass is 10.1. The first kappa shape index (κ1) is 19.7. The predicted octanol–water partition coefficient (Wildman–Crippen LogP) is 1.48. The van der Waals surface area contributed by atoms with E-state index in [0.717, 1.165) is 12.8 Å². The van der Waals surface area contributed by atoms with E-state index in [-0.39, 0.29) is 10.9 Å². The zero-order valence-corrected chi connectivity index (χ0v) is 16.4. The Morgan fingerprint density at radius 1 is 1.37 bits per heavy atom. The number of aliphatic carboxylic acids is 1. The van der Waals surface area contributed by atoms with Crippen molar-refractivity contribution in [2.45, 2.75) is 50.6 Å². The average molecular weight is 396 g/mol. The molecule has 0 aromatic carbocycles. The molecule has 1 aliphatic rings. The Kier molecular flexibility index (Phi) is 5.50. The molecule has 9 nitrogen and oxygen atoms in total. The summed E-state index contributed by atoms with van der Waals surface area (Å²) in [6.45, 7) is 6.41. The van der Waals surface area contributed by atoms with Gasteiger partial charge in [0.25, 0.3) is 0 Å². The Bertz CT molecular complexity index is 948. The minimum atomic E-state index is -4.02. The standard InChI is InChI=1S/C17H24N4O5S/c1-10(2)15(17(22)23)20-27(24,25)13-8-14-11(3)19-21(16(14)18-9-13)12-4-6-26-7-5-12/h8-10,12,15,20H,4-7H2,1-3H3,(H,22,23)/t15-/m0/s1. The normalized spacial score (nSPS) is 17.5. The van der Waals surface area contributed by atoms with E-state index < -0.39 is 28.0 Å². The Morgan fingerprint density at radius 3 is 2.63 bits per heavy atom. The molecule has 3 rings (SSSR count). The number of carboxylic acids is 1. The first-order valence-electron chi connectivity index (χ1n) is 8.88. The summed E-state index contributed by atoms with van der Waals surface area (Å²) in [4.78, 5) is 15.6. The van der Waals surface area contributed by atoms with Crippen molar-refractivity contribution in [1.29, 1.82) is 0 Å². The second kappa shape index (κ2) is 7.53. The summed E-state index contributed by atoms with van der Waals surface area (Å²) in [5.41, 5.74) is 1.30. The van der Waals surface area contributed by atoms with Crippen LogP contribution >= 0.6 is 0 Å². The van der Waals surface area contributed by atoms with Crippen molar-refractivity contribution in [2.24, 2.45) is 5.92 Å². The van der Waals surface area contributed by atoms with Crippen molar-refractivity contribution in [3.05, 3.63) is 18.0 Å². The zero-order valence-electron chi connectivity index (χ0n) is 15.5. The highest BCUT2D eigenvalue weighted by Crippen LogP contribution is 2.27. The van der Waals surface area contributed by atoms with Crippen molar-refractivity contribution in [3.8, 4) is 0 Å². The fourth-order valence-corrected chi connectivity index (χ4v) is 4.50. The molecule has 3 heterocycles. The Hall–Kier alpha value is -2.04. The second-order valence-electron chi connectivity index (χ2n) is 7.10. The van der Waals surface area contributed by atoms with E-state index in [9.17, 15) is 18.3 Å². The van der Waals surface area contributed by atoms with Crippen LogP contribution in [0.5, 0.6) is 0 Å². The summed E-state index contributed by atoms with van der Waals surface area (Å²) in [6, 6.07) is 0.458. The van der Waals surface area contributed by atoms with Gasteiger partial charge in [0.2, 0.25) is 10.0 Å². The van der Waals surface area contributed by atoms with Crippen LogP contribution in [0, 0.1) is 12.8 Å². The third-order valence-corrected chi connectivity index (χ3v) is 6.18. The third-order valence-electron chi connectivity index (χ3n) is 4.77. The molecule has 2 aromatic rings. The second-order valence-corrected chi connectivity index (χ2v) is 8.81. The van der Waals surface area contributed by atoms with Gasteiger partial charge in [-0.2, -0.15) is 9.82 Å². The molecule has 0 aliphatic carbocycles. The van der Waals surface area contributed by atoms with Crippen LogP contribution in [0.1, 0.15) is 38.4 Å². The summed E-state index contributed by atoms with van der Waals surface area (Å²) in [5.74, 6) is -1.61. The molecular weight excluding hydrogens is 372 g/mol. The van der Waals surface area contributed by atoms with Gasteiger partial charge in [-0.15, -0.1) is 0 Å². The molecule has 0 radical (unpaired) electrons. The highest BCUT2D eigenvalue weighted by molar-refractivity contribution is 7.89. The number of hydrogen-bond acceptors (Lipinski definition) is 6. The van der Waals surface area contributed by atoms with Gasteiger partial charge in [-0.1, -0.05) is 13.8 Å². The number of nitrogens with zero attached hydrogens (tertiary/aromatic N) is 3. The topological polar surface area (TPSA) is 123 Å². The summed E-state index contributed by atoms with van der Waals surface area (Å²) >= 11 is 0. The third kappa shape index (κ3) is 3.97. The van der Waals surface area contributed by atoms with E-state index in [1.54, 1.807) is 20.8 Å². The molecule has 1 aliphatic heterocycles. The Morgan fingerprint density at radius 2 is 2.04 bits per heavy atom. The molecule has 2 aromatic heterocycles. The number of rotatable bonds is 6. The van der Waals surface area contributed by atoms with Crippen LogP contribution in [0.15, 0.2) is 17.2 Å². The van der Waals surface area contributed by atoms with Gasteiger partial charge in [0.05, 0.1) is 11.7 Å². The Balaban J connectivity index is 1.96. The molecule has 0 saturated carbocycles. The number of aromatic nitrogens is 3. The number of pyridine rings is 1. The zero-order chi connectivity index (χ0) is 19.8. The highest BCUT2D eigenvalue weighted by atomic mass is 32.2. The van der Waals surface area contributed by atoms with Crippen LogP contribution < -0.4 is 4.72 Å². The van der Waals surface area contributed by atoms with E-state index >= 15 is 0 Å². The molecule has 0 unspecified atom stereocenters. The number of hydrogen-bond donors (Lipinski definition) is 2. The number of carbonyl (C=O) groups is 1. The van der Waals surface area contributed by atoms with E-state index in [1.807, 2.05) is 4.68 Å². The quantitative estimate of drug-likeness (QED) is 0.758. The van der Waals surface area contributed by atoms with E-state index in [0.29, 0.717) is 29.9 Å². The van der Waals surface area contributed by atoms with Crippen molar-refractivity contribution in [3.63, 3.8) is 0 Å². The molecule has 27 heavy (non-hydrogen) atoms. The minimum absolute atomic E-state index is 0.0727. The number of aryl methyl sites for hydroxylation is 1. The van der Waals surface area contributed by atoms with E-state index in [4.69, 9.17) is 4.74 Å². The molecule has 0 amide bonds. The molecule has 1 fully saturated rings. The lowest BCUT2D eigenvalue weighted by Gasteiger charge is -2.22. The van der Waals surface area contributed by atoms with E-state index in [2.05, 4.69) is 14.8 Å². The molecule has 0 bridgehead atoms. The molecule has 10 heteroatoms. The molecule has 1 atom stereocenters. The van der Waals surface area contributed by atoms with Crippen molar-refractivity contribution in [1.82, 2.24) is 19.5 Å². The van der Waals surface area contributed by atoms with Gasteiger partial charge in [0.1, 0.15) is 10.9 Å². The highest BCUT2D eigenvalue weighted by Gasteiger charge is 2.29. The predicted molar refractivity (Wildman–Crippen MR) is 97.9 cm³/mol. The smallest absolute Gasteiger partial charge is 0.322 e. The van der Waals surface area contributed by atoms with Gasteiger partial charge in [0.15, 0.2) is 5.65 Å². The summed E-state index contributed by atoms with van der Waals surface area (Å²) in [5, 5.41) is 14.4. The lowest BCUT2D eigenvalue weighted by Crippen LogP contribution is -2.44. The monoisotopic (exact) mass is 396 g/mol. The maximum Gasteiger partial charge on any atom is 0.322 e. The lowest BCUT2D eigenvalue weighted by molar-refractivity contribution is -0.140. The molecule has 1 saturated heterocycles. The summed E-state index contributed by atoms with van der Waals surface area (Å²) in [6.07, 6.45) is 2.91. The van der Waals surface area contributed by atoms with Crippen molar-refractivity contribution in [2.75, 3.05) is 13.2 Å². The van der Waals surface area contributed by atoms with Gasteiger partial charge in [-0.25, -0.2) is 18.1 Å². The van der Waals surface area contributed by atoms with Crippen LogP contribution in [0.3, 0.4) is 0 Å². The van der Waals surface area contributed by atoms with Gasteiger partial charge in [-0.3, -0.25) is 4.79 Å². The summed E-state index contributed by atoms with van der Waals surface area (Å²) < 4.78 is 34.8. The van der Waals surface area contributed by atoms with Crippen LogP contribution in [-0.2, 0) is 19.6 Å². The van der Waals surface area contributed by atoms with Crippen LogP contribution in [0.4, 0.5) is 0 Å². The number of sulfonamides is 1. The fourth-order valence-electron chi connectivity index (χ4n) is 3.19. The van der Waals surface area contributed by atoms with Crippen LogP contribution in [0.25, 0.3) is 11.0 Å². The van der Waals surface area contributed by atoms with Crippen molar-refractivity contribution < 1.29 is 23.1 Å².